The number of aliphatic carboxylic acids is 2. The van der Waals surface area contributed by atoms with Crippen LogP contribution in [-0.2, 0) is 33.5 Å². The molecule has 17 heteroatoms. The van der Waals surface area contributed by atoms with Gasteiger partial charge in [-0.05, 0) is 13.8 Å². The van der Waals surface area contributed by atoms with E-state index in [1.165, 1.54) is 37.9 Å². The van der Waals surface area contributed by atoms with Crippen LogP contribution in [0.5, 0.6) is 0 Å². The molecule has 1 aromatic heterocycles. The normalized spacial score (nSPS) is 19.5. The summed E-state index contributed by atoms with van der Waals surface area (Å²) in [5.41, 5.74) is 3.38. The van der Waals surface area contributed by atoms with Gasteiger partial charge in [-0.2, -0.15) is 0 Å². The van der Waals surface area contributed by atoms with Gasteiger partial charge in [0.2, 0.25) is 5.60 Å². The molecule has 190 valence electrons. The molecule has 2 aliphatic rings. The summed E-state index contributed by atoms with van der Waals surface area (Å²) < 4.78 is 4.88. The Balaban J connectivity index is 0.00000456. The number of nitrogens with two attached hydrogens (primary N) is 1. The van der Waals surface area contributed by atoms with Gasteiger partial charge in [0.05, 0.1) is 0 Å². The maximum absolute atomic E-state index is 13.0. The van der Waals surface area contributed by atoms with Crippen molar-refractivity contribution in [2.45, 2.75) is 37.8 Å². The van der Waals surface area contributed by atoms with Gasteiger partial charge in [0, 0.05) is 23.6 Å². The molecule has 2 atom stereocenters. The third kappa shape index (κ3) is 6.18. The zero-order valence-electron chi connectivity index (χ0n) is 18.6. The van der Waals surface area contributed by atoms with Gasteiger partial charge in [0.25, 0.3) is 11.8 Å². The van der Waals surface area contributed by atoms with Gasteiger partial charge in [0.15, 0.2) is 10.8 Å². The van der Waals surface area contributed by atoms with Crippen LogP contribution in [0.25, 0.3) is 0 Å². The molecule has 2 amide bonds. The number of hydrogen-bond acceptors (Lipinski definition) is 12. The number of carbonyl (C=O) groups is 5. The van der Waals surface area contributed by atoms with Crippen LogP contribution in [0.4, 0.5) is 5.13 Å². The molecule has 0 saturated carbocycles. The number of thioether (sulfide) groups is 1. The fraction of sp³-hybridized carbons (Fsp3) is 0.421. The molecule has 0 unspecified atom stereocenters. The molecule has 0 spiro atoms. The minimum atomic E-state index is -1.77. The van der Waals surface area contributed by atoms with Crippen molar-refractivity contribution in [3.05, 3.63) is 22.3 Å². The van der Waals surface area contributed by atoms with Crippen molar-refractivity contribution in [2.75, 3.05) is 18.1 Å². The Labute approximate surface area is 234 Å². The number of fused-ring (bicyclic) bond motifs is 1. The number of amides is 2. The Morgan fingerprint density at radius 2 is 2.00 bits per heavy atom. The minimum absolute atomic E-state index is 0. The summed E-state index contributed by atoms with van der Waals surface area (Å²) in [4.78, 5) is 70.1. The van der Waals surface area contributed by atoms with Crippen LogP contribution in [0.2, 0.25) is 0 Å². The standard InChI is InChI=1S/C19H21N5O9S2.Na.H/c1-7(25)32-4-8-5-34-15-11(14(27)24(15)12(8)16(28)29)22-13(26)10(9-6-35-18(20)21-9)23-33-19(2,3)17(30)31;;/h6,11,15H,4-5H2,1-3H3,(H2,20,21)(H,22,26)(H,28,29)(H,30,31);;/b23-10-;;/t11-,15-;;/m1../s1. The Morgan fingerprint density at radius 3 is 2.53 bits per heavy atom. The zero-order chi connectivity index (χ0) is 26.1. The molecule has 3 rings (SSSR count). The average Bonchev–Trinajstić information content (AvgIpc) is 3.20. The van der Waals surface area contributed by atoms with Crippen molar-refractivity contribution < 1.29 is 43.8 Å². The van der Waals surface area contributed by atoms with Gasteiger partial charge >= 0.3 is 47.5 Å². The van der Waals surface area contributed by atoms with Crippen LogP contribution in [-0.4, -0.2) is 114 Å². The van der Waals surface area contributed by atoms with Crippen LogP contribution in [0.1, 0.15) is 26.5 Å². The van der Waals surface area contributed by atoms with Crippen LogP contribution >= 0.6 is 23.1 Å². The third-order valence-corrected chi connectivity index (χ3v) is 6.86. The van der Waals surface area contributed by atoms with Gasteiger partial charge in [0.1, 0.15) is 29.4 Å². The van der Waals surface area contributed by atoms with Crippen molar-refractivity contribution >= 4 is 93.2 Å². The number of hydrogen-bond donors (Lipinski definition) is 4. The summed E-state index contributed by atoms with van der Waals surface area (Å²) in [5, 5.41) is 25.8. The van der Waals surface area contributed by atoms with E-state index in [1.54, 1.807) is 0 Å². The molecule has 5 N–H and O–H groups in total. The number of β-lactam (4-membered cyclic amide) rings is 1. The average molecular weight is 552 g/mol. The number of nitrogens with one attached hydrogen (secondary N) is 1. The number of nitrogen functional groups attached to an aromatic ring is 1. The number of carbonyl (C=O) groups excluding carboxylic acids is 3. The number of ether oxygens (including phenoxy) is 1. The van der Waals surface area contributed by atoms with E-state index in [-0.39, 0.29) is 64.0 Å². The zero-order valence-corrected chi connectivity index (χ0v) is 20.3. The van der Waals surface area contributed by atoms with E-state index in [0.29, 0.717) is 0 Å². The second-order valence-electron chi connectivity index (χ2n) is 7.82. The summed E-state index contributed by atoms with van der Waals surface area (Å²) in [6.07, 6.45) is 0. The van der Waals surface area contributed by atoms with Crippen molar-refractivity contribution in [1.29, 1.82) is 0 Å². The van der Waals surface area contributed by atoms with E-state index < -0.39 is 52.5 Å². The molecule has 1 saturated heterocycles. The SMILES string of the molecule is CC(=O)OCC1=C(C(=O)O)N2C(=O)[C@@H](NC(=O)/C(=N\OC(C)(C)C(=O)O)c3csc(N)n3)[C@H]2SC1.[NaH]. The number of carboxylic acids is 2. The van der Waals surface area contributed by atoms with Gasteiger partial charge in [-0.15, -0.1) is 23.1 Å². The predicted molar refractivity (Wildman–Crippen MR) is 129 cm³/mol. The second-order valence-corrected chi connectivity index (χ2v) is 9.81. The molecule has 36 heavy (non-hydrogen) atoms. The van der Waals surface area contributed by atoms with Gasteiger partial charge < -0.3 is 30.8 Å². The molecule has 0 aromatic carbocycles. The van der Waals surface area contributed by atoms with E-state index in [0.717, 1.165) is 16.2 Å². The number of thiazole rings is 1. The molecule has 0 radical (unpaired) electrons. The monoisotopic (exact) mass is 551 g/mol. The number of esters is 1. The summed E-state index contributed by atoms with van der Waals surface area (Å²) in [6.45, 7) is 3.35. The first kappa shape index (κ1) is 29.6. The quantitative estimate of drug-likeness (QED) is 0.0953. The molecule has 2 aliphatic heterocycles. The Kier molecular flexibility index (Phi) is 9.52. The fourth-order valence-corrected chi connectivity index (χ4v) is 4.87. The van der Waals surface area contributed by atoms with Gasteiger partial charge in [-0.3, -0.25) is 19.3 Å². The van der Waals surface area contributed by atoms with Crippen molar-refractivity contribution in [1.82, 2.24) is 15.2 Å². The van der Waals surface area contributed by atoms with Gasteiger partial charge in [-0.1, -0.05) is 5.16 Å². The molecular weight excluding hydrogens is 529 g/mol. The van der Waals surface area contributed by atoms with Crippen LogP contribution in [0.3, 0.4) is 0 Å². The topological polar surface area (TPSA) is 211 Å². The number of anilines is 1. The second kappa shape index (κ2) is 11.6. The van der Waals surface area contributed by atoms with E-state index in [1.807, 2.05) is 0 Å². The fourth-order valence-electron chi connectivity index (χ4n) is 2.99. The van der Waals surface area contributed by atoms with Crippen LogP contribution in [0, 0.1) is 0 Å². The van der Waals surface area contributed by atoms with Crippen LogP contribution in [0.15, 0.2) is 21.8 Å². The summed E-state index contributed by atoms with van der Waals surface area (Å²) in [6, 6.07) is -1.11. The molecule has 1 aromatic rings. The van der Waals surface area contributed by atoms with Crippen molar-refractivity contribution in [2.24, 2.45) is 5.16 Å². The maximum atomic E-state index is 13.0. The van der Waals surface area contributed by atoms with E-state index in [9.17, 15) is 34.2 Å². The number of rotatable bonds is 9. The number of aromatic nitrogens is 1. The molecule has 14 nitrogen and oxygen atoms in total. The van der Waals surface area contributed by atoms with E-state index in [4.69, 9.17) is 15.3 Å². The van der Waals surface area contributed by atoms with E-state index in [2.05, 4.69) is 15.5 Å². The Hall–Kier alpha value is -2.66. The number of nitrogens with zero attached hydrogens (tertiary/aromatic N) is 3. The predicted octanol–water partition coefficient (Wildman–Crippen LogP) is -1.04. The first-order chi connectivity index (χ1) is 16.3. The summed E-state index contributed by atoms with van der Waals surface area (Å²) in [7, 11) is 0. The molecule has 0 bridgehead atoms. The molecule has 0 aliphatic carbocycles. The van der Waals surface area contributed by atoms with Crippen LogP contribution < -0.4 is 11.1 Å². The third-order valence-electron chi connectivity index (χ3n) is 4.85. The first-order valence-corrected chi connectivity index (χ1v) is 11.8. The summed E-state index contributed by atoms with van der Waals surface area (Å²) in [5.74, 6) is -4.76. The Bertz CT molecular complexity index is 1170. The molecule has 3 heterocycles. The molecular formula is C19H22N5NaO9S2. The van der Waals surface area contributed by atoms with Gasteiger partial charge in [-0.25, -0.2) is 14.6 Å². The summed E-state index contributed by atoms with van der Waals surface area (Å²) >= 11 is 2.18. The van der Waals surface area contributed by atoms with Crippen molar-refractivity contribution in [3.8, 4) is 0 Å². The molecule has 1 fully saturated rings. The Morgan fingerprint density at radius 1 is 1.33 bits per heavy atom. The number of oxime groups is 1. The van der Waals surface area contributed by atoms with E-state index >= 15 is 0 Å². The van der Waals surface area contributed by atoms with Crippen molar-refractivity contribution in [3.63, 3.8) is 0 Å². The first-order valence-electron chi connectivity index (χ1n) is 9.88. The number of carboxylic acid groups (broad SMARTS) is 2.